The van der Waals surface area contributed by atoms with E-state index in [1.165, 1.54) is 0 Å². The molecule has 0 radical (unpaired) electrons. The van der Waals surface area contributed by atoms with Crippen molar-refractivity contribution in [3.05, 3.63) is 0 Å². The SMILES string of the molecule is CCCNCCCOS(=O)(=O)OCCCNCCC. The number of rotatable bonds is 14. The molecule has 0 aliphatic rings. The molecule has 0 amide bonds. The van der Waals surface area contributed by atoms with Crippen LogP contribution in [-0.4, -0.2) is 47.8 Å². The lowest BCUT2D eigenvalue weighted by atomic mass is 10.4. The van der Waals surface area contributed by atoms with Gasteiger partial charge in [-0.15, -0.1) is 0 Å². The quantitative estimate of drug-likeness (QED) is 0.467. The Morgan fingerprint density at radius 3 is 1.58 bits per heavy atom. The second kappa shape index (κ2) is 12.8. The third-order valence-electron chi connectivity index (χ3n) is 2.30. The van der Waals surface area contributed by atoms with Gasteiger partial charge in [0.15, 0.2) is 0 Å². The molecule has 2 N–H and O–H groups in total. The minimum Gasteiger partial charge on any atom is -0.317 e. The Bertz CT molecular complexity index is 261. The first-order chi connectivity index (χ1) is 9.12. The third kappa shape index (κ3) is 14.0. The fraction of sp³-hybridized carbons (Fsp3) is 1.00. The Kier molecular flexibility index (Phi) is 12.7. The van der Waals surface area contributed by atoms with E-state index in [0.717, 1.165) is 39.0 Å². The van der Waals surface area contributed by atoms with Gasteiger partial charge in [0.2, 0.25) is 0 Å². The van der Waals surface area contributed by atoms with Crippen LogP contribution in [0.25, 0.3) is 0 Å². The van der Waals surface area contributed by atoms with E-state index in [4.69, 9.17) is 8.37 Å². The molecule has 0 aromatic heterocycles. The molecule has 0 aromatic carbocycles. The Morgan fingerprint density at radius 2 is 1.21 bits per heavy atom. The zero-order valence-electron chi connectivity index (χ0n) is 12.1. The highest BCUT2D eigenvalue weighted by molar-refractivity contribution is 7.81. The minimum atomic E-state index is -3.82. The first-order valence-electron chi connectivity index (χ1n) is 7.07. The van der Waals surface area contributed by atoms with Gasteiger partial charge in [-0.1, -0.05) is 13.8 Å². The van der Waals surface area contributed by atoms with Crippen molar-refractivity contribution in [1.82, 2.24) is 10.6 Å². The minimum absolute atomic E-state index is 0.160. The van der Waals surface area contributed by atoms with Crippen LogP contribution in [0.5, 0.6) is 0 Å². The monoisotopic (exact) mass is 296 g/mol. The summed E-state index contributed by atoms with van der Waals surface area (Å²) >= 11 is 0. The van der Waals surface area contributed by atoms with Crippen LogP contribution in [0.4, 0.5) is 0 Å². The van der Waals surface area contributed by atoms with Crippen molar-refractivity contribution in [3.63, 3.8) is 0 Å². The Balaban J connectivity index is 3.42. The number of hydrogen-bond donors (Lipinski definition) is 2. The molecule has 7 heteroatoms. The molecule has 19 heavy (non-hydrogen) atoms. The molecule has 0 heterocycles. The molecule has 0 rings (SSSR count). The molecule has 0 spiro atoms. The van der Waals surface area contributed by atoms with Gasteiger partial charge in [-0.3, -0.25) is 0 Å². The number of nitrogens with one attached hydrogen (secondary N) is 2. The molecule has 6 nitrogen and oxygen atoms in total. The van der Waals surface area contributed by atoms with Crippen LogP contribution < -0.4 is 10.6 Å². The zero-order chi connectivity index (χ0) is 14.4. The molecule has 116 valence electrons. The molecular weight excluding hydrogens is 268 g/mol. The van der Waals surface area contributed by atoms with Crippen LogP contribution in [0.15, 0.2) is 0 Å². The van der Waals surface area contributed by atoms with Gasteiger partial charge in [0, 0.05) is 0 Å². The van der Waals surface area contributed by atoms with E-state index >= 15 is 0 Å². The van der Waals surface area contributed by atoms with Crippen LogP contribution in [0.1, 0.15) is 39.5 Å². The Hall–Kier alpha value is -0.210. The van der Waals surface area contributed by atoms with E-state index < -0.39 is 10.4 Å². The van der Waals surface area contributed by atoms with Gasteiger partial charge in [-0.05, 0) is 51.9 Å². The Morgan fingerprint density at radius 1 is 0.789 bits per heavy atom. The lowest BCUT2D eigenvalue weighted by molar-refractivity contribution is 0.210. The smallest absolute Gasteiger partial charge is 0.317 e. The summed E-state index contributed by atoms with van der Waals surface area (Å²) in [5, 5.41) is 6.34. The third-order valence-corrected chi connectivity index (χ3v) is 3.22. The van der Waals surface area contributed by atoms with Crippen LogP contribution in [-0.2, 0) is 18.8 Å². The standard InChI is InChI=1S/C12H28N2O4S/c1-3-7-13-9-5-11-17-19(15,16)18-12-6-10-14-8-4-2/h13-14H,3-12H2,1-2H3. The fourth-order valence-electron chi connectivity index (χ4n) is 1.35. The zero-order valence-corrected chi connectivity index (χ0v) is 12.9. The van der Waals surface area contributed by atoms with E-state index in [0.29, 0.717) is 12.8 Å². The maximum atomic E-state index is 11.3. The summed E-state index contributed by atoms with van der Waals surface area (Å²) in [6.07, 6.45) is 3.43. The van der Waals surface area contributed by atoms with Crippen LogP contribution in [0.3, 0.4) is 0 Å². The first-order valence-corrected chi connectivity index (χ1v) is 8.41. The highest BCUT2D eigenvalue weighted by Crippen LogP contribution is 1.98. The second-order valence-corrected chi connectivity index (χ2v) is 5.55. The highest BCUT2D eigenvalue weighted by atomic mass is 32.3. The molecule has 0 fully saturated rings. The molecule has 0 saturated carbocycles. The second-order valence-electron chi connectivity index (χ2n) is 4.26. The van der Waals surface area contributed by atoms with Gasteiger partial charge in [0.1, 0.15) is 0 Å². The summed E-state index contributed by atoms with van der Waals surface area (Å²) in [6.45, 7) is 7.87. The maximum Gasteiger partial charge on any atom is 0.399 e. The van der Waals surface area contributed by atoms with Crippen molar-refractivity contribution >= 4 is 10.4 Å². The van der Waals surface area contributed by atoms with E-state index in [1.54, 1.807) is 0 Å². The predicted octanol–water partition coefficient (Wildman–Crippen LogP) is 1.04. The lowest BCUT2D eigenvalue weighted by Gasteiger charge is -2.07. The van der Waals surface area contributed by atoms with Crippen LogP contribution in [0.2, 0.25) is 0 Å². The normalized spacial score (nSPS) is 11.9. The summed E-state index contributed by atoms with van der Waals surface area (Å²) in [6, 6.07) is 0. The van der Waals surface area contributed by atoms with Gasteiger partial charge in [-0.2, -0.15) is 8.42 Å². The van der Waals surface area contributed by atoms with Crippen molar-refractivity contribution in [2.45, 2.75) is 39.5 Å². The van der Waals surface area contributed by atoms with Crippen molar-refractivity contribution in [2.24, 2.45) is 0 Å². The average molecular weight is 296 g/mol. The van der Waals surface area contributed by atoms with E-state index in [2.05, 4.69) is 24.5 Å². The van der Waals surface area contributed by atoms with Crippen molar-refractivity contribution in [1.29, 1.82) is 0 Å². The summed E-state index contributed by atoms with van der Waals surface area (Å²) < 4.78 is 32.1. The molecule has 0 saturated heterocycles. The van der Waals surface area contributed by atoms with Gasteiger partial charge < -0.3 is 10.6 Å². The van der Waals surface area contributed by atoms with Crippen molar-refractivity contribution < 1.29 is 16.8 Å². The predicted molar refractivity (Wildman–Crippen MR) is 76.4 cm³/mol. The summed E-state index contributed by atoms with van der Waals surface area (Å²) in [4.78, 5) is 0. The number of hydrogen-bond acceptors (Lipinski definition) is 6. The molecule has 0 aliphatic heterocycles. The summed E-state index contributed by atoms with van der Waals surface area (Å²) in [5.41, 5.74) is 0. The largest absolute Gasteiger partial charge is 0.399 e. The summed E-state index contributed by atoms with van der Waals surface area (Å²) in [5.74, 6) is 0. The lowest BCUT2D eigenvalue weighted by Crippen LogP contribution is -2.20. The van der Waals surface area contributed by atoms with Gasteiger partial charge in [0.25, 0.3) is 0 Å². The molecule has 0 atom stereocenters. The average Bonchev–Trinajstić information content (AvgIpc) is 2.38. The van der Waals surface area contributed by atoms with Crippen molar-refractivity contribution in [3.8, 4) is 0 Å². The maximum absolute atomic E-state index is 11.3. The highest BCUT2D eigenvalue weighted by Gasteiger charge is 2.10. The topological polar surface area (TPSA) is 76.7 Å². The van der Waals surface area contributed by atoms with E-state index in [1.807, 2.05) is 0 Å². The molecule has 0 bridgehead atoms. The molecule has 0 aliphatic carbocycles. The molecule has 0 aromatic rings. The summed E-state index contributed by atoms with van der Waals surface area (Å²) in [7, 11) is -3.82. The van der Waals surface area contributed by atoms with Crippen molar-refractivity contribution in [2.75, 3.05) is 39.4 Å². The van der Waals surface area contributed by atoms with E-state index in [9.17, 15) is 8.42 Å². The van der Waals surface area contributed by atoms with Crippen LogP contribution in [0, 0.1) is 0 Å². The fourth-order valence-corrected chi connectivity index (χ4v) is 2.07. The van der Waals surface area contributed by atoms with Gasteiger partial charge in [0.05, 0.1) is 13.2 Å². The van der Waals surface area contributed by atoms with Crippen LogP contribution >= 0.6 is 0 Å². The van der Waals surface area contributed by atoms with Gasteiger partial charge in [-0.25, -0.2) is 8.37 Å². The van der Waals surface area contributed by atoms with Gasteiger partial charge >= 0.3 is 10.4 Å². The molecule has 0 unspecified atom stereocenters. The first kappa shape index (κ1) is 18.8. The van der Waals surface area contributed by atoms with E-state index in [-0.39, 0.29) is 13.2 Å². The Labute approximate surface area is 117 Å². The molecular formula is C12H28N2O4S.